The third kappa shape index (κ3) is 5.11. The van der Waals surface area contributed by atoms with Crippen LogP contribution in [-0.4, -0.2) is 26.4 Å². The van der Waals surface area contributed by atoms with Crippen molar-refractivity contribution in [3.05, 3.63) is 58.9 Å². The largest absolute Gasteiger partial charge is 0.487 e. The molecule has 0 aromatic heterocycles. The summed E-state index contributed by atoms with van der Waals surface area (Å²) in [7, 11) is 1.56. The highest BCUT2D eigenvalue weighted by atomic mass is 35.5. The van der Waals surface area contributed by atoms with E-state index < -0.39 is 6.03 Å². The molecule has 0 aliphatic rings. The first-order chi connectivity index (χ1) is 11.6. The van der Waals surface area contributed by atoms with Crippen molar-refractivity contribution in [2.75, 3.05) is 25.6 Å². The minimum Gasteiger partial charge on any atom is -0.487 e. The van der Waals surface area contributed by atoms with E-state index >= 15 is 0 Å². The van der Waals surface area contributed by atoms with Gasteiger partial charge in [-0.3, -0.25) is 0 Å². The fourth-order valence-electron chi connectivity index (χ4n) is 1.96. The molecule has 0 bridgehead atoms. The van der Waals surface area contributed by atoms with Gasteiger partial charge in [-0.05, 0) is 18.2 Å². The number of methoxy groups -OCH3 is 1. The van der Waals surface area contributed by atoms with E-state index in [0.717, 1.165) is 0 Å². The number of rotatable bonds is 7. The number of para-hydroxylation sites is 1. The summed E-state index contributed by atoms with van der Waals surface area (Å²) in [6.07, 6.45) is 0. The Morgan fingerprint density at radius 2 is 1.96 bits per heavy atom. The SMILES string of the molecule is COCCOc1c(Cl)cccc1NC(=O)NCc1ccccc1F. The number of urea groups is 1. The van der Waals surface area contributed by atoms with Crippen LogP contribution in [0.15, 0.2) is 42.5 Å². The molecular formula is C17H18ClFN2O3. The molecule has 0 unspecified atom stereocenters. The van der Waals surface area contributed by atoms with Crippen LogP contribution in [0.25, 0.3) is 0 Å². The number of benzene rings is 2. The van der Waals surface area contributed by atoms with Crippen molar-refractivity contribution < 1.29 is 18.7 Å². The highest BCUT2D eigenvalue weighted by Crippen LogP contribution is 2.32. The van der Waals surface area contributed by atoms with Crippen LogP contribution in [0.1, 0.15) is 5.56 Å². The zero-order valence-corrected chi connectivity index (χ0v) is 13.9. The van der Waals surface area contributed by atoms with Crippen LogP contribution in [0.4, 0.5) is 14.9 Å². The predicted molar refractivity (Wildman–Crippen MR) is 91.1 cm³/mol. The Hall–Kier alpha value is -2.31. The molecule has 2 N–H and O–H groups in total. The van der Waals surface area contributed by atoms with E-state index in [9.17, 15) is 9.18 Å². The Balaban J connectivity index is 1.98. The maximum Gasteiger partial charge on any atom is 0.319 e. The van der Waals surface area contributed by atoms with Crippen molar-refractivity contribution >= 4 is 23.3 Å². The van der Waals surface area contributed by atoms with E-state index in [4.69, 9.17) is 21.1 Å². The average Bonchev–Trinajstić information content (AvgIpc) is 2.57. The van der Waals surface area contributed by atoms with Crippen LogP contribution in [0.5, 0.6) is 5.75 Å². The molecule has 24 heavy (non-hydrogen) atoms. The molecule has 0 radical (unpaired) electrons. The topological polar surface area (TPSA) is 59.6 Å². The molecule has 0 aliphatic heterocycles. The van der Waals surface area contributed by atoms with E-state index in [0.29, 0.717) is 35.2 Å². The van der Waals surface area contributed by atoms with Crippen molar-refractivity contribution in [3.8, 4) is 5.75 Å². The zero-order chi connectivity index (χ0) is 17.4. The number of hydrogen-bond acceptors (Lipinski definition) is 3. The van der Waals surface area contributed by atoms with Crippen LogP contribution in [0.3, 0.4) is 0 Å². The molecule has 0 heterocycles. The molecule has 2 amide bonds. The molecule has 0 aliphatic carbocycles. The van der Waals surface area contributed by atoms with Crippen molar-refractivity contribution in [2.24, 2.45) is 0 Å². The summed E-state index contributed by atoms with van der Waals surface area (Å²) >= 11 is 6.10. The Morgan fingerprint density at radius 1 is 1.17 bits per heavy atom. The fraction of sp³-hybridized carbons (Fsp3) is 0.235. The first-order valence-corrected chi connectivity index (χ1v) is 7.68. The maximum absolute atomic E-state index is 13.5. The number of carbonyl (C=O) groups is 1. The second-order valence-electron chi connectivity index (χ2n) is 4.86. The van der Waals surface area contributed by atoms with Crippen LogP contribution < -0.4 is 15.4 Å². The number of carbonyl (C=O) groups excluding carboxylic acids is 1. The standard InChI is InChI=1S/C17H18ClFN2O3/c1-23-9-10-24-16-13(18)6-4-8-15(16)21-17(22)20-11-12-5-2-3-7-14(12)19/h2-8H,9-11H2,1H3,(H2,20,21,22). The third-order valence-electron chi connectivity index (χ3n) is 3.15. The van der Waals surface area contributed by atoms with Crippen LogP contribution in [0, 0.1) is 5.82 Å². The summed E-state index contributed by atoms with van der Waals surface area (Å²) in [6.45, 7) is 0.759. The Morgan fingerprint density at radius 3 is 2.71 bits per heavy atom. The normalized spacial score (nSPS) is 10.3. The van der Waals surface area contributed by atoms with Crippen molar-refractivity contribution in [3.63, 3.8) is 0 Å². The van der Waals surface area contributed by atoms with E-state index in [1.54, 1.807) is 43.5 Å². The summed E-state index contributed by atoms with van der Waals surface area (Å²) in [5, 5.41) is 5.61. The van der Waals surface area contributed by atoms with E-state index in [1.165, 1.54) is 6.07 Å². The van der Waals surface area contributed by atoms with Crippen LogP contribution in [-0.2, 0) is 11.3 Å². The maximum atomic E-state index is 13.5. The fourth-order valence-corrected chi connectivity index (χ4v) is 2.19. The van der Waals surface area contributed by atoms with E-state index in [2.05, 4.69) is 10.6 Å². The molecule has 2 aromatic rings. The molecule has 2 rings (SSSR count). The Kier molecular flexibility index (Phi) is 6.84. The van der Waals surface area contributed by atoms with Gasteiger partial charge in [-0.1, -0.05) is 35.9 Å². The second kappa shape index (κ2) is 9.10. The first-order valence-electron chi connectivity index (χ1n) is 7.30. The van der Waals surface area contributed by atoms with Gasteiger partial charge in [0.1, 0.15) is 12.4 Å². The lowest BCUT2D eigenvalue weighted by Crippen LogP contribution is -2.28. The van der Waals surface area contributed by atoms with Gasteiger partial charge < -0.3 is 20.1 Å². The van der Waals surface area contributed by atoms with Gasteiger partial charge in [0.15, 0.2) is 5.75 Å². The van der Waals surface area contributed by atoms with Gasteiger partial charge in [-0.2, -0.15) is 0 Å². The van der Waals surface area contributed by atoms with E-state index in [1.807, 2.05) is 0 Å². The summed E-state index contributed by atoms with van der Waals surface area (Å²) in [4.78, 5) is 12.0. The number of nitrogens with one attached hydrogen (secondary N) is 2. The molecule has 2 aromatic carbocycles. The van der Waals surface area contributed by atoms with Gasteiger partial charge in [0, 0.05) is 19.2 Å². The molecule has 5 nitrogen and oxygen atoms in total. The number of amides is 2. The van der Waals surface area contributed by atoms with Crippen LogP contribution >= 0.6 is 11.6 Å². The highest BCUT2D eigenvalue weighted by molar-refractivity contribution is 6.32. The van der Waals surface area contributed by atoms with Gasteiger partial charge >= 0.3 is 6.03 Å². The molecule has 128 valence electrons. The number of anilines is 1. The van der Waals surface area contributed by atoms with Gasteiger partial charge in [0.05, 0.1) is 17.3 Å². The second-order valence-corrected chi connectivity index (χ2v) is 5.26. The molecule has 0 saturated heterocycles. The number of ether oxygens (including phenoxy) is 2. The predicted octanol–water partition coefficient (Wildman–Crippen LogP) is 3.83. The van der Waals surface area contributed by atoms with Crippen LogP contribution in [0.2, 0.25) is 5.02 Å². The summed E-state index contributed by atoms with van der Waals surface area (Å²) in [5.41, 5.74) is 0.819. The minimum atomic E-state index is -0.489. The van der Waals surface area contributed by atoms with Gasteiger partial charge in [0.25, 0.3) is 0 Å². The minimum absolute atomic E-state index is 0.0684. The Labute approximate surface area is 144 Å². The molecular weight excluding hydrogens is 335 g/mol. The number of hydrogen-bond donors (Lipinski definition) is 2. The smallest absolute Gasteiger partial charge is 0.319 e. The summed E-state index contributed by atoms with van der Waals surface area (Å²) in [6, 6.07) is 10.8. The van der Waals surface area contributed by atoms with Crippen molar-refractivity contribution in [2.45, 2.75) is 6.54 Å². The monoisotopic (exact) mass is 352 g/mol. The first kappa shape index (κ1) is 18.0. The van der Waals surface area contributed by atoms with Gasteiger partial charge in [-0.25, -0.2) is 9.18 Å². The van der Waals surface area contributed by atoms with Gasteiger partial charge in [-0.15, -0.1) is 0 Å². The quantitative estimate of drug-likeness (QED) is 0.745. The molecule has 0 saturated carbocycles. The molecule has 0 spiro atoms. The average molecular weight is 353 g/mol. The third-order valence-corrected chi connectivity index (χ3v) is 3.44. The lowest BCUT2D eigenvalue weighted by Gasteiger charge is -2.14. The van der Waals surface area contributed by atoms with Gasteiger partial charge in [0.2, 0.25) is 0 Å². The lowest BCUT2D eigenvalue weighted by atomic mass is 10.2. The van der Waals surface area contributed by atoms with Crippen molar-refractivity contribution in [1.82, 2.24) is 5.32 Å². The number of halogens is 2. The molecule has 0 atom stereocenters. The summed E-state index contributed by atoms with van der Waals surface area (Å²) in [5.74, 6) is -0.0126. The lowest BCUT2D eigenvalue weighted by molar-refractivity contribution is 0.146. The zero-order valence-electron chi connectivity index (χ0n) is 13.1. The highest BCUT2D eigenvalue weighted by Gasteiger charge is 2.12. The van der Waals surface area contributed by atoms with E-state index in [-0.39, 0.29) is 12.4 Å². The Bertz CT molecular complexity index is 697. The van der Waals surface area contributed by atoms with Crippen molar-refractivity contribution in [1.29, 1.82) is 0 Å². The molecule has 7 heteroatoms. The summed E-state index contributed by atoms with van der Waals surface area (Å²) < 4.78 is 24.0. The molecule has 0 fully saturated rings.